The maximum Gasteiger partial charge on any atom is 0.138 e. The smallest absolute Gasteiger partial charge is 0.138 e. The monoisotopic (exact) mass is 219 g/mol. The Hall–Kier alpha value is -1.71. The van der Waals surface area contributed by atoms with Gasteiger partial charge in [-0.1, -0.05) is 19.9 Å². The number of halogens is 1. The minimum Gasteiger partial charge on any atom is -0.223 e. The first-order valence-electron chi connectivity index (χ1n) is 5.30. The SMILES string of the molecule is CC(C)Cc1ccc(F)cc1-n1cncn1. The molecule has 0 saturated heterocycles. The number of aromatic nitrogens is 3. The third kappa shape index (κ3) is 2.27. The fourth-order valence-corrected chi connectivity index (χ4v) is 1.70. The zero-order valence-corrected chi connectivity index (χ0v) is 9.39. The van der Waals surface area contributed by atoms with Crippen LogP contribution in [0.1, 0.15) is 19.4 Å². The summed E-state index contributed by atoms with van der Waals surface area (Å²) in [5.74, 6) is 0.269. The largest absolute Gasteiger partial charge is 0.223 e. The van der Waals surface area contributed by atoms with Crippen LogP contribution in [0.15, 0.2) is 30.9 Å². The van der Waals surface area contributed by atoms with Crippen LogP contribution in [0, 0.1) is 11.7 Å². The molecular weight excluding hydrogens is 205 g/mol. The van der Waals surface area contributed by atoms with Crippen molar-refractivity contribution >= 4 is 0 Å². The van der Waals surface area contributed by atoms with E-state index in [-0.39, 0.29) is 5.82 Å². The molecule has 0 amide bonds. The van der Waals surface area contributed by atoms with Crippen molar-refractivity contribution in [1.82, 2.24) is 14.8 Å². The molecule has 4 heteroatoms. The molecule has 0 aliphatic rings. The van der Waals surface area contributed by atoms with E-state index in [2.05, 4.69) is 23.9 Å². The average Bonchev–Trinajstić information content (AvgIpc) is 2.73. The van der Waals surface area contributed by atoms with Gasteiger partial charge >= 0.3 is 0 Å². The predicted octanol–water partition coefficient (Wildman–Crippen LogP) is 2.60. The second-order valence-electron chi connectivity index (χ2n) is 4.21. The lowest BCUT2D eigenvalue weighted by Gasteiger charge is -2.11. The van der Waals surface area contributed by atoms with E-state index in [0.717, 1.165) is 17.7 Å². The second-order valence-corrected chi connectivity index (χ2v) is 4.21. The summed E-state index contributed by atoms with van der Waals surface area (Å²) in [6, 6.07) is 4.79. The molecule has 0 unspecified atom stereocenters. The van der Waals surface area contributed by atoms with Gasteiger partial charge in [0.05, 0.1) is 5.69 Å². The van der Waals surface area contributed by atoms with Crippen molar-refractivity contribution in [2.24, 2.45) is 5.92 Å². The molecule has 1 aromatic heterocycles. The molecule has 1 heterocycles. The zero-order chi connectivity index (χ0) is 11.5. The molecule has 0 saturated carbocycles. The van der Waals surface area contributed by atoms with Gasteiger partial charge in [-0.2, -0.15) is 5.10 Å². The van der Waals surface area contributed by atoms with E-state index >= 15 is 0 Å². The summed E-state index contributed by atoms with van der Waals surface area (Å²) in [6.07, 6.45) is 3.93. The molecule has 2 aromatic rings. The highest BCUT2D eigenvalue weighted by Crippen LogP contribution is 2.18. The molecular formula is C12H14FN3. The van der Waals surface area contributed by atoms with E-state index in [4.69, 9.17) is 0 Å². The van der Waals surface area contributed by atoms with E-state index in [1.165, 1.54) is 18.5 Å². The van der Waals surface area contributed by atoms with Gasteiger partial charge in [0.15, 0.2) is 0 Å². The number of hydrogen-bond acceptors (Lipinski definition) is 2. The van der Waals surface area contributed by atoms with Gasteiger partial charge in [0.2, 0.25) is 0 Å². The van der Waals surface area contributed by atoms with E-state index in [1.54, 1.807) is 11.0 Å². The number of benzene rings is 1. The highest BCUT2D eigenvalue weighted by Gasteiger charge is 2.08. The Morgan fingerprint density at radius 1 is 1.38 bits per heavy atom. The molecule has 0 bridgehead atoms. The van der Waals surface area contributed by atoms with Gasteiger partial charge in [0.25, 0.3) is 0 Å². The fraction of sp³-hybridized carbons (Fsp3) is 0.333. The standard InChI is InChI=1S/C12H14FN3/c1-9(2)5-10-3-4-11(13)6-12(10)16-8-14-7-15-16/h3-4,6-9H,5H2,1-2H3. The van der Waals surface area contributed by atoms with Crippen LogP contribution in [0.3, 0.4) is 0 Å². The maximum atomic E-state index is 13.2. The predicted molar refractivity (Wildman–Crippen MR) is 59.9 cm³/mol. The van der Waals surface area contributed by atoms with Crippen LogP contribution in [0.2, 0.25) is 0 Å². The van der Waals surface area contributed by atoms with Gasteiger partial charge in [-0.3, -0.25) is 0 Å². The molecule has 2 rings (SSSR count). The lowest BCUT2D eigenvalue weighted by atomic mass is 10.0. The van der Waals surface area contributed by atoms with Crippen molar-refractivity contribution in [1.29, 1.82) is 0 Å². The normalized spacial score (nSPS) is 11.0. The van der Waals surface area contributed by atoms with Gasteiger partial charge in [0, 0.05) is 0 Å². The lowest BCUT2D eigenvalue weighted by molar-refractivity contribution is 0.615. The van der Waals surface area contributed by atoms with E-state index < -0.39 is 0 Å². The second kappa shape index (κ2) is 4.43. The Kier molecular flexibility index (Phi) is 2.99. The molecule has 0 N–H and O–H groups in total. The Labute approximate surface area is 93.9 Å². The van der Waals surface area contributed by atoms with Crippen LogP contribution in [0.4, 0.5) is 4.39 Å². The minimum absolute atomic E-state index is 0.252. The highest BCUT2D eigenvalue weighted by molar-refractivity contribution is 5.40. The van der Waals surface area contributed by atoms with Crippen LogP contribution in [0.25, 0.3) is 5.69 Å². The van der Waals surface area contributed by atoms with Crippen molar-refractivity contribution in [3.05, 3.63) is 42.2 Å². The Bertz CT molecular complexity index is 463. The molecule has 84 valence electrons. The summed E-state index contributed by atoms with van der Waals surface area (Å²) in [7, 11) is 0. The van der Waals surface area contributed by atoms with Gasteiger partial charge in [-0.15, -0.1) is 0 Å². The Morgan fingerprint density at radius 3 is 2.81 bits per heavy atom. The third-order valence-corrected chi connectivity index (χ3v) is 2.34. The summed E-state index contributed by atoms with van der Waals surface area (Å²) >= 11 is 0. The zero-order valence-electron chi connectivity index (χ0n) is 9.39. The van der Waals surface area contributed by atoms with Gasteiger partial charge in [-0.25, -0.2) is 14.1 Å². The molecule has 0 atom stereocenters. The quantitative estimate of drug-likeness (QED) is 0.794. The first-order valence-corrected chi connectivity index (χ1v) is 5.30. The van der Waals surface area contributed by atoms with Gasteiger partial charge in [0.1, 0.15) is 18.5 Å². The summed E-state index contributed by atoms with van der Waals surface area (Å²) in [4.78, 5) is 3.88. The Balaban J connectivity index is 2.45. The summed E-state index contributed by atoms with van der Waals surface area (Å²) < 4.78 is 14.8. The van der Waals surface area contributed by atoms with Gasteiger partial charge < -0.3 is 0 Å². The molecule has 16 heavy (non-hydrogen) atoms. The van der Waals surface area contributed by atoms with Crippen molar-refractivity contribution < 1.29 is 4.39 Å². The van der Waals surface area contributed by atoms with Crippen molar-refractivity contribution in [2.75, 3.05) is 0 Å². The van der Waals surface area contributed by atoms with E-state index in [0.29, 0.717) is 5.92 Å². The van der Waals surface area contributed by atoms with Crippen molar-refractivity contribution in [3.63, 3.8) is 0 Å². The molecule has 1 aromatic carbocycles. The van der Waals surface area contributed by atoms with Crippen molar-refractivity contribution in [2.45, 2.75) is 20.3 Å². The van der Waals surface area contributed by atoms with Crippen molar-refractivity contribution in [3.8, 4) is 5.69 Å². The highest BCUT2D eigenvalue weighted by atomic mass is 19.1. The van der Waals surface area contributed by atoms with Crippen LogP contribution in [-0.2, 0) is 6.42 Å². The van der Waals surface area contributed by atoms with Crippen LogP contribution in [-0.4, -0.2) is 14.8 Å². The summed E-state index contributed by atoms with van der Waals surface area (Å²) in [6.45, 7) is 4.27. The molecule has 0 fully saturated rings. The minimum atomic E-state index is -0.252. The fourth-order valence-electron chi connectivity index (χ4n) is 1.70. The first-order chi connectivity index (χ1) is 7.66. The number of hydrogen-bond donors (Lipinski definition) is 0. The Morgan fingerprint density at radius 2 is 2.19 bits per heavy atom. The topological polar surface area (TPSA) is 30.7 Å². The molecule has 0 aliphatic heterocycles. The summed E-state index contributed by atoms with van der Waals surface area (Å²) in [5.41, 5.74) is 1.85. The lowest BCUT2D eigenvalue weighted by Crippen LogP contribution is -2.04. The maximum absolute atomic E-state index is 13.2. The van der Waals surface area contributed by atoms with E-state index in [1.807, 2.05) is 6.07 Å². The molecule has 0 aliphatic carbocycles. The van der Waals surface area contributed by atoms with Crippen LogP contribution in [0.5, 0.6) is 0 Å². The van der Waals surface area contributed by atoms with Crippen LogP contribution >= 0.6 is 0 Å². The average molecular weight is 219 g/mol. The number of nitrogens with zero attached hydrogens (tertiary/aromatic N) is 3. The summed E-state index contributed by atoms with van der Waals surface area (Å²) in [5, 5.41) is 4.03. The molecule has 0 radical (unpaired) electrons. The van der Waals surface area contributed by atoms with Gasteiger partial charge in [-0.05, 0) is 30.0 Å². The molecule has 3 nitrogen and oxygen atoms in total. The molecule has 0 spiro atoms. The first kappa shape index (κ1) is 10.8. The van der Waals surface area contributed by atoms with Crippen LogP contribution < -0.4 is 0 Å². The third-order valence-electron chi connectivity index (χ3n) is 2.34. The number of rotatable bonds is 3. The van der Waals surface area contributed by atoms with E-state index in [9.17, 15) is 4.39 Å².